The Labute approximate surface area is 161 Å². The van der Waals surface area contributed by atoms with Crippen LogP contribution in [0.4, 0.5) is 16.5 Å². The number of amides is 2. The zero-order valence-electron chi connectivity index (χ0n) is 15.9. The number of aryl methyl sites for hydroxylation is 2. The lowest BCUT2D eigenvalue weighted by Gasteiger charge is -2.20. The number of H-pyrrole nitrogens is 1. The SMILES string of the molecule is Cc1cc(NC(=O)N2C[C@H]3C[C@@H](Nc4nc(C)nc5[nH]ccc45)C[C@H]3C2)on1. The summed E-state index contributed by atoms with van der Waals surface area (Å²) in [5.41, 5.74) is 1.61. The van der Waals surface area contributed by atoms with Crippen LogP contribution < -0.4 is 10.6 Å². The number of anilines is 2. The summed E-state index contributed by atoms with van der Waals surface area (Å²) < 4.78 is 5.08. The summed E-state index contributed by atoms with van der Waals surface area (Å²) in [6, 6.07) is 3.98. The molecule has 0 aromatic carbocycles. The number of rotatable bonds is 3. The minimum atomic E-state index is -0.115. The smallest absolute Gasteiger partial charge is 0.324 e. The molecule has 2 fully saturated rings. The van der Waals surface area contributed by atoms with Gasteiger partial charge in [0, 0.05) is 31.4 Å². The highest BCUT2D eigenvalue weighted by Crippen LogP contribution is 2.39. The van der Waals surface area contributed by atoms with Gasteiger partial charge in [-0.25, -0.2) is 14.8 Å². The maximum Gasteiger partial charge on any atom is 0.324 e. The molecule has 1 saturated carbocycles. The molecule has 0 unspecified atom stereocenters. The minimum Gasteiger partial charge on any atom is -0.367 e. The average molecular weight is 381 g/mol. The van der Waals surface area contributed by atoms with Crippen LogP contribution in [0, 0.1) is 25.7 Å². The second-order valence-electron chi connectivity index (χ2n) is 7.86. The molecule has 1 aliphatic heterocycles. The van der Waals surface area contributed by atoms with Gasteiger partial charge in [0.1, 0.15) is 17.3 Å². The molecule has 9 nitrogen and oxygen atoms in total. The molecule has 2 aliphatic rings. The van der Waals surface area contributed by atoms with Crippen molar-refractivity contribution in [3.8, 4) is 0 Å². The third-order valence-electron chi connectivity index (χ3n) is 5.76. The van der Waals surface area contributed by atoms with E-state index in [0.717, 1.165) is 54.3 Å². The monoisotopic (exact) mass is 381 g/mol. The van der Waals surface area contributed by atoms with Gasteiger partial charge in [0.15, 0.2) is 0 Å². The summed E-state index contributed by atoms with van der Waals surface area (Å²) in [6.45, 7) is 5.27. The lowest BCUT2D eigenvalue weighted by atomic mass is 10.0. The van der Waals surface area contributed by atoms with E-state index in [0.29, 0.717) is 23.8 Å². The van der Waals surface area contributed by atoms with Gasteiger partial charge in [0.25, 0.3) is 0 Å². The zero-order chi connectivity index (χ0) is 19.3. The van der Waals surface area contributed by atoms with Crippen LogP contribution in [0.5, 0.6) is 0 Å². The topological polar surface area (TPSA) is 112 Å². The number of hydrogen-bond acceptors (Lipinski definition) is 6. The van der Waals surface area contributed by atoms with E-state index in [-0.39, 0.29) is 6.03 Å². The number of urea groups is 1. The number of carbonyl (C=O) groups is 1. The Balaban J connectivity index is 1.21. The lowest BCUT2D eigenvalue weighted by Crippen LogP contribution is -2.34. The van der Waals surface area contributed by atoms with Crippen molar-refractivity contribution in [2.45, 2.75) is 32.7 Å². The van der Waals surface area contributed by atoms with E-state index in [1.54, 1.807) is 6.07 Å². The molecule has 3 atom stereocenters. The zero-order valence-corrected chi connectivity index (χ0v) is 15.9. The second kappa shape index (κ2) is 6.50. The van der Waals surface area contributed by atoms with E-state index in [2.05, 4.69) is 30.7 Å². The largest absolute Gasteiger partial charge is 0.367 e. The van der Waals surface area contributed by atoms with Crippen molar-refractivity contribution in [3.63, 3.8) is 0 Å². The molecule has 4 heterocycles. The van der Waals surface area contributed by atoms with Gasteiger partial charge in [-0.15, -0.1) is 0 Å². The molecule has 5 rings (SSSR count). The number of nitrogens with zero attached hydrogens (tertiary/aromatic N) is 4. The molecule has 28 heavy (non-hydrogen) atoms. The van der Waals surface area contributed by atoms with Crippen LogP contribution in [0.3, 0.4) is 0 Å². The fraction of sp³-hybridized carbons (Fsp3) is 0.474. The Bertz CT molecular complexity index is 1010. The molecule has 2 amide bonds. The van der Waals surface area contributed by atoms with Gasteiger partial charge < -0.3 is 19.7 Å². The van der Waals surface area contributed by atoms with Crippen molar-refractivity contribution >= 4 is 28.8 Å². The number of aromatic nitrogens is 4. The van der Waals surface area contributed by atoms with E-state index >= 15 is 0 Å². The van der Waals surface area contributed by atoms with Gasteiger partial charge in [-0.2, -0.15) is 0 Å². The van der Waals surface area contributed by atoms with Crippen LogP contribution in [-0.2, 0) is 0 Å². The van der Waals surface area contributed by atoms with Crippen molar-refractivity contribution < 1.29 is 9.32 Å². The van der Waals surface area contributed by atoms with Crippen LogP contribution in [0.1, 0.15) is 24.4 Å². The van der Waals surface area contributed by atoms with Gasteiger partial charge in [-0.05, 0) is 44.6 Å². The Kier molecular flexibility index (Phi) is 3.96. The minimum absolute atomic E-state index is 0.115. The Morgan fingerprint density at radius 1 is 1.25 bits per heavy atom. The van der Waals surface area contributed by atoms with Gasteiger partial charge >= 0.3 is 6.03 Å². The fourth-order valence-electron chi connectivity index (χ4n) is 4.55. The van der Waals surface area contributed by atoms with E-state index in [4.69, 9.17) is 4.52 Å². The Morgan fingerprint density at radius 3 is 2.75 bits per heavy atom. The highest BCUT2D eigenvalue weighted by Gasteiger charge is 2.42. The van der Waals surface area contributed by atoms with Crippen LogP contribution in [-0.4, -0.2) is 50.2 Å². The number of aromatic amines is 1. The molecular formula is C19H23N7O2. The number of nitrogens with one attached hydrogen (secondary N) is 3. The first-order chi connectivity index (χ1) is 13.5. The van der Waals surface area contributed by atoms with Crippen molar-refractivity contribution in [1.29, 1.82) is 0 Å². The standard InChI is InChI=1S/C19H23N7O2/c1-10-5-16(28-25-10)24-19(27)26-8-12-6-14(7-13(12)9-26)23-18-15-3-4-20-17(15)21-11(2)22-18/h3-5,12-14H,6-9H2,1-2H3,(H,24,27)(H2,20,21,22,23)/t12-,13+,14-. The molecule has 3 aromatic heterocycles. The van der Waals surface area contributed by atoms with Gasteiger partial charge in [-0.3, -0.25) is 5.32 Å². The van der Waals surface area contributed by atoms with Crippen LogP contribution in [0.15, 0.2) is 22.9 Å². The second-order valence-corrected chi connectivity index (χ2v) is 7.86. The van der Waals surface area contributed by atoms with Crippen LogP contribution in [0.2, 0.25) is 0 Å². The van der Waals surface area contributed by atoms with Gasteiger partial charge in [0.2, 0.25) is 5.88 Å². The Morgan fingerprint density at radius 2 is 2.04 bits per heavy atom. The maximum atomic E-state index is 12.5. The van der Waals surface area contributed by atoms with Crippen molar-refractivity contribution in [2.75, 3.05) is 23.7 Å². The first kappa shape index (κ1) is 17.0. The summed E-state index contributed by atoms with van der Waals surface area (Å²) in [5, 5.41) is 11.2. The summed E-state index contributed by atoms with van der Waals surface area (Å²) in [7, 11) is 0. The molecule has 0 radical (unpaired) electrons. The summed E-state index contributed by atoms with van der Waals surface area (Å²) in [6.07, 6.45) is 3.95. The third kappa shape index (κ3) is 3.06. The highest BCUT2D eigenvalue weighted by molar-refractivity contribution is 5.88. The molecule has 3 N–H and O–H groups in total. The number of hydrogen-bond donors (Lipinski definition) is 3. The van der Waals surface area contributed by atoms with Crippen molar-refractivity contribution in [1.82, 2.24) is 25.0 Å². The number of likely N-dealkylation sites (tertiary alicyclic amines) is 1. The Hall–Kier alpha value is -3.10. The van der Waals surface area contributed by atoms with Crippen molar-refractivity contribution in [2.24, 2.45) is 11.8 Å². The lowest BCUT2D eigenvalue weighted by molar-refractivity contribution is 0.217. The first-order valence-electron chi connectivity index (χ1n) is 9.62. The summed E-state index contributed by atoms with van der Waals surface area (Å²) >= 11 is 0. The average Bonchev–Trinajstić information content (AvgIpc) is 3.38. The fourth-order valence-corrected chi connectivity index (χ4v) is 4.55. The molecule has 1 saturated heterocycles. The molecule has 9 heteroatoms. The number of fused-ring (bicyclic) bond motifs is 2. The van der Waals surface area contributed by atoms with E-state index in [1.165, 1.54) is 0 Å². The van der Waals surface area contributed by atoms with Crippen molar-refractivity contribution in [3.05, 3.63) is 29.8 Å². The molecule has 3 aromatic rings. The summed E-state index contributed by atoms with van der Waals surface area (Å²) in [4.78, 5) is 26.5. The quantitative estimate of drug-likeness (QED) is 0.643. The number of carbonyl (C=O) groups excluding carboxylic acids is 1. The third-order valence-corrected chi connectivity index (χ3v) is 5.76. The first-order valence-corrected chi connectivity index (χ1v) is 9.62. The van der Waals surface area contributed by atoms with Crippen LogP contribution >= 0.6 is 0 Å². The van der Waals surface area contributed by atoms with E-state index in [1.807, 2.05) is 31.0 Å². The predicted octanol–water partition coefficient (Wildman–Crippen LogP) is 2.92. The van der Waals surface area contributed by atoms with Gasteiger partial charge in [0.05, 0.1) is 11.1 Å². The normalized spacial score (nSPS) is 23.9. The molecular weight excluding hydrogens is 358 g/mol. The molecule has 146 valence electrons. The molecule has 0 spiro atoms. The van der Waals surface area contributed by atoms with Gasteiger partial charge in [-0.1, -0.05) is 5.16 Å². The summed E-state index contributed by atoms with van der Waals surface area (Å²) in [5.74, 6) is 3.05. The van der Waals surface area contributed by atoms with E-state index < -0.39 is 0 Å². The van der Waals surface area contributed by atoms with E-state index in [9.17, 15) is 4.79 Å². The van der Waals surface area contributed by atoms with Crippen LogP contribution in [0.25, 0.3) is 11.0 Å². The maximum absolute atomic E-state index is 12.5. The predicted molar refractivity (Wildman–Crippen MR) is 104 cm³/mol. The molecule has 1 aliphatic carbocycles. The molecule has 0 bridgehead atoms. The highest BCUT2D eigenvalue weighted by atomic mass is 16.5.